The molecular formula is C16H21N5O3. The number of hydrogen-bond donors (Lipinski definition) is 3. The van der Waals surface area contributed by atoms with Gasteiger partial charge in [0, 0.05) is 19.3 Å². The lowest BCUT2D eigenvalue weighted by Gasteiger charge is -2.26. The third kappa shape index (κ3) is 3.78. The largest absolute Gasteiger partial charge is 0.393 e. The van der Waals surface area contributed by atoms with Gasteiger partial charge in [-0.15, -0.1) is 0 Å². The van der Waals surface area contributed by atoms with Gasteiger partial charge in [0.15, 0.2) is 0 Å². The minimum Gasteiger partial charge on any atom is -0.393 e. The Kier molecular flexibility index (Phi) is 4.89. The molecule has 1 atom stereocenters. The zero-order chi connectivity index (χ0) is 17.1. The Balaban J connectivity index is 1.58. The van der Waals surface area contributed by atoms with Crippen LogP contribution < -0.4 is 5.32 Å². The molecule has 1 aliphatic rings. The standard InChI is InChI=1S/C16H21N5O3/c1-11-2-3-15(17-7-11)18-16(24)9-20-4-5-21-12(8-20)6-13(19-21)14(23)10-22/h2-3,6-7,14,22-23H,4-5,8-10H2,1H3,(H,17,18,24)/t14-/m1/s1. The highest BCUT2D eigenvalue weighted by molar-refractivity contribution is 5.91. The van der Waals surface area contributed by atoms with Gasteiger partial charge in [-0.25, -0.2) is 4.98 Å². The van der Waals surface area contributed by atoms with Gasteiger partial charge in [0.1, 0.15) is 11.9 Å². The number of carbonyl (C=O) groups excluding carboxylic acids is 1. The van der Waals surface area contributed by atoms with Gasteiger partial charge in [-0.3, -0.25) is 14.4 Å². The van der Waals surface area contributed by atoms with Crippen LogP contribution in [-0.4, -0.2) is 55.5 Å². The average molecular weight is 331 g/mol. The molecule has 24 heavy (non-hydrogen) atoms. The van der Waals surface area contributed by atoms with Crippen molar-refractivity contribution in [2.24, 2.45) is 0 Å². The van der Waals surface area contributed by atoms with E-state index in [1.165, 1.54) is 0 Å². The second-order valence-electron chi connectivity index (χ2n) is 5.96. The molecule has 0 bridgehead atoms. The summed E-state index contributed by atoms with van der Waals surface area (Å²) in [6.07, 6.45) is 0.746. The molecule has 0 fully saturated rings. The molecule has 0 radical (unpaired) electrons. The number of amides is 1. The zero-order valence-corrected chi connectivity index (χ0v) is 13.5. The van der Waals surface area contributed by atoms with Crippen LogP contribution in [0, 0.1) is 6.92 Å². The minimum absolute atomic E-state index is 0.116. The van der Waals surface area contributed by atoms with E-state index in [-0.39, 0.29) is 19.1 Å². The smallest absolute Gasteiger partial charge is 0.239 e. The summed E-state index contributed by atoms with van der Waals surface area (Å²) < 4.78 is 1.81. The van der Waals surface area contributed by atoms with Gasteiger partial charge >= 0.3 is 0 Å². The Morgan fingerprint density at radius 2 is 2.25 bits per heavy atom. The number of aliphatic hydroxyl groups excluding tert-OH is 2. The zero-order valence-electron chi connectivity index (χ0n) is 13.5. The Morgan fingerprint density at radius 1 is 1.42 bits per heavy atom. The Labute approximate surface area is 139 Å². The number of hydrogen-bond acceptors (Lipinski definition) is 6. The van der Waals surface area contributed by atoms with Crippen LogP contribution in [0.15, 0.2) is 24.4 Å². The second-order valence-corrected chi connectivity index (χ2v) is 5.96. The first-order valence-corrected chi connectivity index (χ1v) is 7.85. The second kappa shape index (κ2) is 7.08. The van der Waals surface area contributed by atoms with Crippen molar-refractivity contribution in [1.82, 2.24) is 19.7 Å². The van der Waals surface area contributed by atoms with Crippen LogP contribution in [-0.2, 0) is 17.9 Å². The molecule has 0 saturated heterocycles. The number of aryl methyl sites for hydroxylation is 1. The monoisotopic (exact) mass is 331 g/mol. The number of rotatable bonds is 5. The highest BCUT2D eigenvalue weighted by Gasteiger charge is 2.22. The van der Waals surface area contributed by atoms with Crippen LogP contribution in [0.3, 0.4) is 0 Å². The summed E-state index contributed by atoms with van der Waals surface area (Å²) in [5.74, 6) is 0.427. The van der Waals surface area contributed by atoms with E-state index in [9.17, 15) is 9.90 Å². The summed E-state index contributed by atoms with van der Waals surface area (Å²) in [7, 11) is 0. The van der Waals surface area contributed by atoms with E-state index in [1.807, 2.05) is 22.6 Å². The molecule has 8 nitrogen and oxygen atoms in total. The molecule has 0 saturated carbocycles. The van der Waals surface area contributed by atoms with Gasteiger partial charge in [-0.05, 0) is 24.6 Å². The van der Waals surface area contributed by atoms with Gasteiger partial charge in [0.05, 0.1) is 31.1 Å². The fourth-order valence-electron chi connectivity index (χ4n) is 2.66. The van der Waals surface area contributed by atoms with E-state index in [4.69, 9.17) is 5.11 Å². The summed E-state index contributed by atoms with van der Waals surface area (Å²) in [5.41, 5.74) is 2.42. The van der Waals surface area contributed by atoms with E-state index in [1.54, 1.807) is 18.3 Å². The number of fused-ring (bicyclic) bond motifs is 1. The first-order valence-electron chi connectivity index (χ1n) is 7.85. The minimum atomic E-state index is -0.965. The highest BCUT2D eigenvalue weighted by Crippen LogP contribution is 2.18. The Morgan fingerprint density at radius 3 is 2.96 bits per heavy atom. The Bertz CT molecular complexity index is 713. The van der Waals surface area contributed by atoms with Crippen molar-refractivity contribution in [3.8, 4) is 0 Å². The molecule has 3 heterocycles. The van der Waals surface area contributed by atoms with Crippen LogP contribution in [0.5, 0.6) is 0 Å². The molecule has 8 heteroatoms. The number of nitrogens with zero attached hydrogens (tertiary/aromatic N) is 4. The normalized spacial score (nSPS) is 15.8. The fraction of sp³-hybridized carbons (Fsp3) is 0.438. The average Bonchev–Trinajstić information content (AvgIpc) is 2.99. The molecule has 1 amide bonds. The van der Waals surface area contributed by atoms with Gasteiger partial charge in [-0.2, -0.15) is 5.10 Å². The quantitative estimate of drug-likeness (QED) is 0.716. The molecule has 0 aliphatic carbocycles. The maximum Gasteiger partial charge on any atom is 0.239 e. The number of pyridine rings is 1. The third-order valence-electron chi connectivity index (χ3n) is 3.96. The fourth-order valence-corrected chi connectivity index (χ4v) is 2.66. The molecule has 2 aromatic rings. The predicted octanol–water partition coefficient (Wildman–Crippen LogP) is 0.0665. The first-order chi connectivity index (χ1) is 11.5. The topological polar surface area (TPSA) is 104 Å². The molecule has 0 unspecified atom stereocenters. The van der Waals surface area contributed by atoms with Crippen LogP contribution in [0.4, 0.5) is 5.82 Å². The lowest BCUT2D eigenvalue weighted by atomic mass is 10.2. The molecule has 3 rings (SSSR count). The van der Waals surface area contributed by atoms with E-state index in [2.05, 4.69) is 15.4 Å². The maximum absolute atomic E-state index is 12.1. The summed E-state index contributed by atoms with van der Waals surface area (Å²) in [6.45, 7) is 3.75. The highest BCUT2D eigenvalue weighted by atomic mass is 16.3. The van der Waals surface area contributed by atoms with Crippen molar-refractivity contribution < 1.29 is 15.0 Å². The summed E-state index contributed by atoms with van der Waals surface area (Å²) in [5, 5.41) is 25.7. The summed E-state index contributed by atoms with van der Waals surface area (Å²) in [4.78, 5) is 18.3. The number of nitrogens with one attached hydrogen (secondary N) is 1. The van der Waals surface area contributed by atoms with Crippen LogP contribution in [0.25, 0.3) is 0 Å². The number of aliphatic hydroxyl groups is 2. The predicted molar refractivity (Wildman–Crippen MR) is 87.2 cm³/mol. The first kappa shape index (κ1) is 16.6. The van der Waals surface area contributed by atoms with E-state index in [0.29, 0.717) is 31.1 Å². The SMILES string of the molecule is Cc1ccc(NC(=O)CN2CCn3nc([C@H](O)CO)cc3C2)nc1. The molecular weight excluding hydrogens is 310 g/mol. The summed E-state index contributed by atoms with van der Waals surface area (Å²) >= 11 is 0. The van der Waals surface area contributed by atoms with Crippen molar-refractivity contribution in [1.29, 1.82) is 0 Å². The molecule has 2 aromatic heterocycles. The Hall–Kier alpha value is -2.29. The lowest BCUT2D eigenvalue weighted by molar-refractivity contribution is -0.117. The van der Waals surface area contributed by atoms with Crippen LogP contribution in [0.2, 0.25) is 0 Å². The van der Waals surface area contributed by atoms with E-state index in [0.717, 1.165) is 11.3 Å². The molecule has 3 N–H and O–H groups in total. The van der Waals surface area contributed by atoms with E-state index >= 15 is 0 Å². The van der Waals surface area contributed by atoms with Gasteiger partial charge in [-0.1, -0.05) is 6.07 Å². The van der Waals surface area contributed by atoms with Crippen molar-refractivity contribution in [2.75, 3.05) is 25.0 Å². The molecule has 0 spiro atoms. The third-order valence-corrected chi connectivity index (χ3v) is 3.96. The van der Waals surface area contributed by atoms with E-state index < -0.39 is 6.10 Å². The van der Waals surface area contributed by atoms with Gasteiger partial charge in [0.2, 0.25) is 5.91 Å². The maximum atomic E-state index is 12.1. The molecule has 128 valence electrons. The summed E-state index contributed by atoms with van der Waals surface area (Å²) in [6, 6.07) is 5.45. The van der Waals surface area contributed by atoms with Crippen LogP contribution in [0.1, 0.15) is 23.1 Å². The number of aromatic nitrogens is 3. The molecule has 0 aromatic carbocycles. The lowest BCUT2D eigenvalue weighted by Crippen LogP contribution is -2.39. The van der Waals surface area contributed by atoms with Gasteiger partial charge in [0.25, 0.3) is 0 Å². The number of anilines is 1. The van der Waals surface area contributed by atoms with Crippen LogP contribution >= 0.6 is 0 Å². The van der Waals surface area contributed by atoms with Crippen molar-refractivity contribution in [2.45, 2.75) is 26.1 Å². The van der Waals surface area contributed by atoms with Gasteiger partial charge < -0.3 is 15.5 Å². The van der Waals surface area contributed by atoms with Crippen molar-refractivity contribution >= 4 is 11.7 Å². The number of carbonyl (C=O) groups is 1. The van der Waals surface area contributed by atoms with Crippen molar-refractivity contribution in [3.63, 3.8) is 0 Å². The molecule has 1 aliphatic heterocycles. The van der Waals surface area contributed by atoms with Crippen molar-refractivity contribution in [3.05, 3.63) is 41.3 Å².